The zero-order valence-electron chi connectivity index (χ0n) is 10.6. The van der Waals surface area contributed by atoms with Crippen molar-refractivity contribution in [2.75, 3.05) is 0 Å². The van der Waals surface area contributed by atoms with Crippen molar-refractivity contribution in [2.24, 2.45) is 12.5 Å². The number of nitrogens with zero attached hydrogens (tertiary/aromatic N) is 2. The van der Waals surface area contributed by atoms with E-state index in [1.807, 2.05) is 13.8 Å². The van der Waals surface area contributed by atoms with Gasteiger partial charge in [0.2, 0.25) is 0 Å². The molecular formula is C13H18N2O2. The van der Waals surface area contributed by atoms with Crippen molar-refractivity contribution in [3.05, 3.63) is 17.5 Å². The largest absolute Gasteiger partial charge is 0.299 e. The zero-order chi connectivity index (χ0) is 12.6. The summed E-state index contributed by atoms with van der Waals surface area (Å²) in [4.78, 5) is 23.9. The lowest BCUT2D eigenvalue weighted by molar-refractivity contribution is -0.122. The van der Waals surface area contributed by atoms with Gasteiger partial charge in [0.1, 0.15) is 5.78 Å². The number of hydrogen-bond acceptors (Lipinski definition) is 3. The fourth-order valence-corrected chi connectivity index (χ4v) is 1.95. The minimum atomic E-state index is -0.218. The third-order valence-electron chi connectivity index (χ3n) is 3.53. The molecule has 4 nitrogen and oxygen atoms in total. The number of Topliss-reactive ketones (excluding diaryl/α,β-unsaturated/α-hetero) is 2. The summed E-state index contributed by atoms with van der Waals surface area (Å²) in [5, 5.41) is 4.22. The molecule has 1 aliphatic rings. The summed E-state index contributed by atoms with van der Waals surface area (Å²) < 4.78 is 1.63. The molecule has 1 aromatic rings. The molecule has 1 aliphatic carbocycles. The molecule has 4 heteroatoms. The first-order chi connectivity index (χ1) is 7.96. The maximum absolute atomic E-state index is 12.0. The third kappa shape index (κ3) is 2.30. The van der Waals surface area contributed by atoms with Crippen LogP contribution in [0.15, 0.2) is 6.20 Å². The van der Waals surface area contributed by atoms with E-state index in [1.165, 1.54) is 0 Å². The van der Waals surface area contributed by atoms with Crippen LogP contribution in [0.25, 0.3) is 0 Å². The fourth-order valence-electron chi connectivity index (χ4n) is 1.95. The van der Waals surface area contributed by atoms with Crippen LogP contribution in [0.4, 0.5) is 0 Å². The molecule has 0 unspecified atom stereocenters. The number of carbonyl (C=O) groups is 2. The Morgan fingerprint density at radius 3 is 2.65 bits per heavy atom. The first-order valence-electron chi connectivity index (χ1n) is 6.05. The van der Waals surface area contributed by atoms with E-state index in [4.69, 9.17) is 0 Å². The van der Waals surface area contributed by atoms with Gasteiger partial charge in [-0.25, -0.2) is 0 Å². The second-order valence-electron chi connectivity index (χ2n) is 5.10. The minimum Gasteiger partial charge on any atom is -0.299 e. The molecule has 0 amide bonds. The molecule has 0 spiro atoms. The van der Waals surface area contributed by atoms with E-state index in [0.717, 1.165) is 18.5 Å². The summed E-state index contributed by atoms with van der Waals surface area (Å²) in [5.41, 5.74) is 1.17. The number of aromatic nitrogens is 2. The van der Waals surface area contributed by atoms with Crippen molar-refractivity contribution < 1.29 is 9.59 Å². The molecule has 92 valence electrons. The summed E-state index contributed by atoms with van der Waals surface area (Å²) in [6, 6.07) is 0. The Morgan fingerprint density at radius 1 is 1.47 bits per heavy atom. The molecule has 17 heavy (non-hydrogen) atoms. The number of aryl methyl sites for hydroxylation is 2. The quantitative estimate of drug-likeness (QED) is 0.577. The van der Waals surface area contributed by atoms with Gasteiger partial charge in [-0.3, -0.25) is 14.3 Å². The molecule has 0 bridgehead atoms. The Labute approximate surface area is 101 Å². The molecule has 1 fully saturated rings. The first kappa shape index (κ1) is 12.0. The van der Waals surface area contributed by atoms with Crippen LogP contribution in [-0.2, 0) is 18.3 Å². The van der Waals surface area contributed by atoms with Gasteiger partial charge >= 0.3 is 0 Å². The Balaban J connectivity index is 2.11. The van der Waals surface area contributed by atoms with Gasteiger partial charge in [0, 0.05) is 18.7 Å². The SMILES string of the molecule is CCc1nn(C)cc1C(=O)CC(=O)C1(C)CC1. The summed E-state index contributed by atoms with van der Waals surface area (Å²) in [6.45, 7) is 3.90. The van der Waals surface area contributed by atoms with E-state index in [0.29, 0.717) is 12.0 Å². The minimum absolute atomic E-state index is 0.0230. The number of hydrogen-bond donors (Lipinski definition) is 0. The molecular weight excluding hydrogens is 216 g/mol. The van der Waals surface area contributed by atoms with Crippen molar-refractivity contribution >= 4 is 11.6 Å². The lowest BCUT2D eigenvalue weighted by atomic mass is 9.96. The van der Waals surface area contributed by atoms with Gasteiger partial charge < -0.3 is 0 Å². The first-order valence-corrected chi connectivity index (χ1v) is 6.05. The molecule has 1 aromatic heterocycles. The predicted octanol–water partition coefficient (Wildman–Crippen LogP) is 1.92. The Morgan fingerprint density at radius 2 is 2.12 bits per heavy atom. The van der Waals surface area contributed by atoms with Crippen LogP contribution in [0.3, 0.4) is 0 Å². The maximum Gasteiger partial charge on any atom is 0.173 e. The zero-order valence-corrected chi connectivity index (χ0v) is 10.6. The highest BCUT2D eigenvalue weighted by Crippen LogP contribution is 2.46. The van der Waals surface area contributed by atoms with Crippen LogP contribution in [0.1, 0.15) is 49.2 Å². The molecule has 0 aliphatic heterocycles. The van der Waals surface area contributed by atoms with E-state index < -0.39 is 0 Å². The molecule has 0 aromatic carbocycles. The van der Waals surface area contributed by atoms with Gasteiger partial charge in [-0.1, -0.05) is 13.8 Å². The summed E-state index contributed by atoms with van der Waals surface area (Å²) in [7, 11) is 1.79. The molecule has 0 saturated heterocycles. The van der Waals surface area contributed by atoms with Crippen molar-refractivity contribution in [3.63, 3.8) is 0 Å². The summed E-state index contributed by atoms with van der Waals surface area (Å²) in [5.74, 6) is -0.0125. The Kier molecular flexibility index (Phi) is 2.89. The van der Waals surface area contributed by atoms with E-state index in [-0.39, 0.29) is 23.4 Å². The summed E-state index contributed by atoms with van der Waals surface area (Å²) >= 11 is 0. The maximum atomic E-state index is 12.0. The van der Waals surface area contributed by atoms with Gasteiger partial charge in [0.15, 0.2) is 5.78 Å². The van der Waals surface area contributed by atoms with Gasteiger partial charge in [0.25, 0.3) is 0 Å². The average Bonchev–Trinajstić information content (AvgIpc) is 2.91. The van der Waals surface area contributed by atoms with Crippen LogP contribution in [0.2, 0.25) is 0 Å². The summed E-state index contributed by atoms with van der Waals surface area (Å²) in [6.07, 6.45) is 4.30. The topological polar surface area (TPSA) is 52.0 Å². The number of ketones is 2. The standard InChI is InChI=1S/C13H18N2O2/c1-4-10-9(8-15(3)14-10)11(16)7-12(17)13(2)5-6-13/h8H,4-7H2,1-3H3. The van der Waals surface area contributed by atoms with E-state index in [1.54, 1.807) is 17.9 Å². The van der Waals surface area contributed by atoms with Crippen molar-refractivity contribution in [2.45, 2.75) is 39.5 Å². The molecule has 0 N–H and O–H groups in total. The Hall–Kier alpha value is -1.45. The highest BCUT2D eigenvalue weighted by molar-refractivity contribution is 6.10. The van der Waals surface area contributed by atoms with Crippen LogP contribution in [-0.4, -0.2) is 21.3 Å². The van der Waals surface area contributed by atoms with Crippen LogP contribution >= 0.6 is 0 Å². The second-order valence-corrected chi connectivity index (χ2v) is 5.10. The third-order valence-corrected chi connectivity index (χ3v) is 3.53. The predicted molar refractivity (Wildman–Crippen MR) is 63.9 cm³/mol. The fraction of sp³-hybridized carbons (Fsp3) is 0.615. The van der Waals surface area contributed by atoms with E-state index in [9.17, 15) is 9.59 Å². The molecule has 1 heterocycles. The van der Waals surface area contributed by atoms with E-state index >= 15 is 0 Å². The number of carbonyl (C=O) groups excluding carboxylic acids is 2. The highest BCUT2D eigenvalue weighted by atomic mass is 16.1. The monoisotopic (exact) mass is 234 g/mol. The lowest BCUT2D eigenvalue weighted by Gasteiger charge is -2.05. The van der Waals surface area contributed by atoms with Crippen LogP contribution < -0.4 is 0 Å². The van der Waals surface area contributed by atoms with Crippen LogP contribution in [0, 0.1) is 5.41 Å². The number of rotatable bonds is 5. The van der Waals surface area contributed by atoms with Crippen molar-refractivity contribution in [3.8, 4) is 0 Å². The Bertz CT molecular complexity index is 470. The molecule has 0 radical (unpaired) electrons. The van der Waals surface area contributed by atoms with Gasteiger partial charge in [-0.15, -0.1) is 0 Å². The van der Waals surface area contributed by atoms with Gasteiger partial charge in [0.05, 0.1) is 17.7 Å². The lowest BCUT2D eigenvalue weighted by Crippen LogP contribution is -2.17. The molecule has 1 saturated carbocycles. The van der Waals surface area contributed by atoms with Gasteiger partial charge in [-0.2, -0.15) is 5.10 Å². The van der Waals surface area contributed by atoms with Gasteiger partial charge in [-0.05, 0) is 19.3 Å². The van der Waals surface area contributed by atoms with E-state index in [2.05, 4.69) is 5.10 Å². The average molecular weight is 234 g/mol. The van der Waals surface area contributed by atoms with Crippen molar-refractivity contribution in [1.29, 1.82) is 0 Å². The van der Waals surface area contributed by atoms with Crippen LogP contribution in [0.5, 0.6) is 0 Å². The highest BCUT2D eigenvalue weighted by Gasteiger charge is 2.44. The normalized spacial score (nSPS) is 16.9. The second kappa shape index (κ2) is 4.09. The smallest absolute Gasteiger partial charge is 0.173 e. The van der Waals surface area contributed by atoms with Crippen molar-refractivity contribution in [1.82, 2.24) is 9.78 Å². The molecule has 0 atom stereocenters. The molecule has 2 rings (SSSR count).